The fourth-order valence-corrected chi connectivity index (χ4v) is 2.95. The van der Waals surface area contributed by atoms with Gasteiger partial charge in [-0.05, 0) is 62.9 Å². The normalized spacial score (nSPS) is 18.1. The minimum atomic E-state index is 0.277. The summed E-state index contributed by atoms with van der Waals surface area (Å²) in [5, 5.41) is 0.832. The smallest absolute Gasteiger partial charge is 0.0457 e. The van der Waals surface area contributed by atoms with Crippen molar-refractivity contribution in [1.82, 2.24) is 4.90 Å². The number of rotatable bonds is 5. The third kappa shape index (κ3) is 2.73. The van der Waals surface area contributed by atoms with Crippen molar-refractivity contribution in [3.8, 4) is 0 Å². The van der Waals surface area contributed by atoms with Crippen LogP contribution < -0.4 is 0 Å². The Kier molecular flexibility index (Phi) is 4.34. The molecule has 1 nitrogen and oxygen atoms in total. The number of nitrogens with zero attached hydrogens (tertiary/aromatic N) is 1. The Hall–Kier alpha value is -0.530. The van der Waals surface area contributed by atoms with Gasteiger partial charge in [-0.3, -0.25) is 4.90 Å². The molecular weight excluding hydrogens is 242 g/mol. The highest BCUT2D eigenvalue weighted by molar-refractivity contribution is 6.30. The molecule has 1 aliphatic rings. The summed E-state index contributed by atoms with van der Waals surface area (Å²) in [6.07, 6.45) is 5.17. The van der Waals surface area contributed by atoms with E-state index in [1.165, 1.54) is 37.8 Å². The molecule has 0 N–H and O–H groups in total. The van der Waals surface area contributed by atoms with E-state index in [0.29, 0.717) is 0 Å². The summed E-state index contributed by atoms with van der Waals surface area (Å²) in [4.78, 5) is 2.56. The van der Waals surface area contributed by atoms with Gasteiger partial charge in [0.25, 0.3) is 0 Å². The molecule has 1 aliphatic carbocycles. The molecule has 0 spiro atoms. The lowest BCUT2D eigenvalue weighted by atomic mass is 9.70. The van der Waals surface area contributed by atoms with Crippen LogP contribution in [0.15, 0.2) is 24.3 Å². The van der Waals surface area contributed by atoms with Crippen molar-refractivity contribution in [3.63, 3.8) is 0 Å². The summed E-state index contributed by atoms with van der Waals surface area (Å²) in [6.45, 7) is 5.77. The molecule has 0 aromatic heterocycles. The van der Waals surface area contributed by atoms with Crippen LogP contribution in [-0.4, -0.2) is 18.5 Å². The predicted octanol–water partition coefficient (Wildman–Crippen LogP) is 4.70. The second kappa shape index (κ2) is 5.63. The standard InChI is InChI=1S/C16H24ClN/c1-13(2)9-12-18(3)16(10-4-11-16)14-5-7-15(17)8-6-14/h5-8,13H,4,9-12H2,1-3H3. The summed E-state index contributed by atoms with van der Waals surface area (Å²) in [6, 6.07) is 8.45. The third-order valence-corrected chi connectivity index (χ3v) is 4.59. The first-order valence-corrected chi connectivity index (χ1v) is 7.40. The summed E-state index contributed by atoms with van der Waals surface area (Å²) >= 11 is 5.99. The van der Waals surface area contributed by atoms with Gasteiger partial charge in [-0.1, -0.05) is 37.6 Å². The molecule has 0 aliphatic heterocycles. The van der Waals surface area contributed by atoms with Crippen LogP contribution >= 0.6 is 11.6 Å². The van der Waals surface area contributed by atoms with E-state index in [1.54, 1.807) is 0 Å². The van der Waals surface area contributed by atoms with Crippen molar-refractivity contribution >= 4 is 11.6 Å². The third-order valence-electron chi connectivity index (χ3n) is 4.33. The SMILES string of the molecule is CC(C)CCN(C)C1(c2ccc(Cl)cc2)CCC1. The van der Waals surface area contributed by atoms with Gasteiger partial charge in [-0.15, -0.1) is 0 Å². The summed E-state index contributed by atoms with van der Waals surface area (Å²) in [5.74, 6) is 0.773. The second-order valence-electron chi connectivity index (χ2n) is 6.00. The first kappa shape index (κ1) is 13.9. The van der Waals surface area contributed by atoms with Gasteiger partial charge >= 0.3 is 0 Å². The zero-order chi connectivity index (χ0) is 13.2. The molecule has 1 aromatic rings. The minimum Gasteiger partial charge on any atom is -0.297 e. The minimum absolute atomic E-state index is 0.277. The maximum Gasteiger partial charge on any atom is 0.0457 e. The quantitative estimate of drug-likeness (QED) is 0.746. The molecule has 0 bridgehead atoms. The molecule has 1 saturated carbocycles. The second-order valence-corrected chi connectivity index (χ2v) is 6.43. The van der Waals surface area contributed by atoms with Crippen LogP contribution in [0.4, 0.5) is 0 Å². The highest BCUT2D eigenvalue weighted by Crippen LogP contribution is 2.46. The largest absolute Gasteiger partial charge is 0.297 e. The maximum atomic E-state index is 5.99. The van der Waals surface area contributed by atoms with Gasteiger partial charge in [-0.25, -0.2) is 0 Å². The molecule has 0 heterocycles. The monoisotopic (exact) mass is 265 g/mol. The molecule has 0 saturated heterocycles. The Bertz CT molecular complexity index is 379. The molecule has 18 heavy (non-hydrogen) atoms. The van der Waals surface area contributed by atoms with E-state index in [0.717, 1.165) is 10.9 Å². The number of hydrogen-bond acceptors (Lipinski definition) is 1. The van der Waals surface area contributed by atoms with E-state index in [4.69, 9.17) is 11.6 Å². The first-order valence-electron chi connectivity index (χ1n) is 7.02. The van der Waals surface area contributed by atoms with E-state index in [-0.39, 0.29) is 5.54 Å². The van der Waals surface area contributed by atoms with Crippen molar-refractivity contribution in [2.45, 2.75) is 45.1 Å². The molecule has 0 radical (unpaired) electrons. The fraction of sp³-hybridized carbons (Fsp3) is 0.625. The highest BCUT2D eigenvalue weighted by atomic mass is 35.5. The van der Waals surface area contributed by atoms with Crippen LogP contribution in [0.1, 0.15) is 45.1 Å². The van der Waals surface area contributed by atoms with Gasteiger partial charge in [0.15, 0.2) is 0 Å². The van der Waals surface area contributed by atoms with Gasteiger partial charge in [0, 0.05) is 10.6 Å². The van der Waals surface area contributed by atoms with Crippen molar-refractivity contribution in [2.75, 3.05) is 13.6 Å². The van der Waals surface area contributed by atoms with Gasteiger partial charge < -0.3 is 0 Å². The average Bonchev–Trinajstić information content (AvgIpc) is 2.27. The van der Waals surface area contributed by atoms with Gasteiger partial charge in [0.2, 0.25) is 0 Å². The maximum absolute atomic E-state index is 5.99. The predicted molar refractivity (Wildman–Crippen MR) is 79.1 cm³/mol. The topological polar surface area (TPSA) is 3.24 Å². The molecule has 1 aromatic carbocycles. The zero-order valence-electron chi connectivity index (χ0n) is 11.7. The van der Waals surface area contributed by atoms with E-state index in [1.807, 2.05) is 12.1 Å². The summed E-state index contributed by atoms with van der Waals surface area (Å²) in [5.41, 5.74) is 1.71. The van der Waals surface area contributed by atoms with E-state index in [9.17, 15) is 0 Å². The van der Waals surface area contributed by atoms with E-state index >= 15 is 0 Å². The van der Waals surface area contributed by atoms with Gasteiger partial charge in [0.1, 0.15) is 0 Å². The lowest BCUT2D eigenvalue weighted by molar-refractivity contribution is 0.0312. The van der Waals surface area contributed by atoms with Crippen molar-refractivity contribution in [1.29, 1.82) is 0 Å². The highest BCUT2D eigenvalue weighted by Gasteiger charge is 2.41. The van der Waals surface area contributed by atoms with Crippen molar-refractivity contribution in [2.24, 2.45) is 5.92 Å². The van der Waals surface area contributed by atoms with Crippen molar-refractivity contribution < 1.29 is 0 Å². The molecular formula is C16H24ClN. The first-order chi connectivity index (χ1) is 8.54. The molecule has 2 heteroatoms. The fourth-order valence-electron chi connectivity index (χ4n) is 2.83. The molecule has 0 amide bonds. The molecule has 0 unspecified atom stereocenters. The van der Waals surface area contributed by atoms with Crippen LogP contribution in [-0.2, 0) is 5.54 Å². The Morgan fingerprint density at radius 1 is 1.22 bits per heavy atom. The van der Waals surface area contributed by atoms with E-state index in [2.05, 4.69) is 37.9 Å². The summed E-state index contributed by atoms with van der Waals surface area (Å²) in [7, 11) is 2.27. The van der Waals surface area contributed by atoms with Gasteiger partial charge in [-0.2, -0.15) is 0 Å². The van der Waals surface area contributed by atoms with Crippen molar-refractivity contribution in [3.05, 3.63) is 34.9 Å². The summed E-state index contributed by atoms with van der Waals surface area (Å²) < 4.78 is 0. The molecule has 2 rings (SSSR count). The van der Waals surface area contributed by atoms with Crippen LogP contribution in [0.5, 0.6) is 0 Å². The van der Waals surface area contributed by atoms with Gasteiger partial charge in [0.05, 0.1) is 0 Å². The average molecular weight is 266 g/mol. The number of benzene rings is 1. The Labute approximate surface area is 116 Å². The molecule has 0 atom stereocenters. The zero-order valence-corrected chi connectivity index (χ0v) is 12.5. The van der Waals surface area contributed by atoms with E-state index < -0.39 is 0 Å². The Morgan fingerprint density at radius 2 is 1.83 bits per heavy atom. The van der Waals surface area contributed by atoms with Crippen LogP contribution in [0.3, 0.4) is 0 Å². The van der Waals surface area contributed by atoms with Crippen LogP contribution in [0.2, 0.25) is 5.02 Å². The van der Waals surface area contributed by atoms with Crippen LogP contribution in [0, 0.1) is 5.92 Å². The lowest BCUT2D eigenvalue weighted by Gasteiger charge is -2.49. The lowest BCUT2D eigenvalue weighted by Crippen LogP contribution is -2.49. The number of hydrogen-bond donors (Lipinski definition) is 0. The Morgan fingerprint density at radius 3 is 2.28 bits per heavy atom. The molecule has 100 valence electrons. The van der Waals surface area contributed by atoms with Crippen LogP contribution in [0.25, 0.3) is 0 Å². The molecule has 1 fully saturated rings. The number of halogens is 1. The Balaban J connectivity index is 2.12.